The van der Waals surface area contributed by atoms with E-state index in [2.05, 4.69) is 5.32 Å². The van der Waals surface area contributed by atoms with Gasteiger partial charge in [0, 0.05) is 6.07 Å². The van der Waals surface area contributed by atoms with Crippen molar-refractivity contribution in [2.45, 2.75) is 13.8 Å². The number of carbonyl (C=O) groups excluding carboxylic acids is 1. The number of carbonyl (C=O) groups is 1. The molecule has 132 valence electrons. The van der Waals surface area contributed by atoms with E-state index >= 15 is 0 Å². The van der Waals surface area contributed by atoms with E-state index in [4.69, 9.17) is 39.5 Å². The first-order valence-electron chi connectivity index (χ1n) is 7.02. The van der Waals surface area contributed by atoms with Crippen LogP contribution in [0.1, 0.15) is 11.1 Å². The molecule has 0 atom stereocenters. The molecule has 1 N–H and O–H groups in total. The summed E-state index contributed by atoms with van der Waals surface area (Å²) in [5.74, 6) is -0.499. The van der Waals surface area contributed by atoms with E-state index in [1.807, 2.05) is 0 Å². The molecule has 6 nitrogen and oxygen atoms in total. The average Bonchev–Trinajstić information content (AvgIpc) is 2.51. The second-order valence-corrected chi connectivity index (χ2v) is 6.49. The van der Waals surface area contributed by atoms with Crippen molar-refractivity contribution in [3.8, 4) is 5.75 Å². The van der Waals surface area contributed by atoms with E-state index in [0.29, 0.717) is 5.56 Å². The zero-order valence-corrected chi connectivity index (χ0v) is 15.5. The van der Waals surface area contributed by atoms with Gasteiger partial charge in [0.1, 0.15) is 0 Å². The minimum Gasteiger partial charge on any atom is -0.477 e. The van der Waals surface area contributed by atoms with E-state index in [-0.39, 0.29) is 32.2 Å². The summed E-state index contributed by atoms with van der Waals surface area (Å²) in [7, 11) is 0. The second kappa shape index (κ2) is 7.91. The van der Waals surface area contributed by atoms with Crippen molar-refractivity contribution in [2.75, 3.05) is 11.9 Å². The van der Waals surface area contributed by atoms with Gasteiger partial charge in [0.15, 0.2) is 6.61 Å². The van der Waals surface area contributed by atoms with Gasteiger partial charge in [-0.3, -0.25) is 14.9 Å². The summed E-state index contributed by atoms with van der Waals surface area (Å²) in [4.78, 5) is 22.7. The SMILES string of the molecule is Cc1cc(C)c(OCC(=O)Nc2cc(Cl)c(Cl)cc2Cl)c([N+](=O)[O-])c1. The van der Waals surface area contributed by atoms with Crippen LogP contribution in [0.4, 0.5) is 11.4 Å². The molecule has 2 aromatic rings. The Balaban J connectivity index is 2.13. The molecule has 0 aromatic heterocycles. The Morgan fingerprint density at radius 3 is 2.40 bits per heavy atom. The van der Waals surface area contributed by atoms with Crippen LogP contribution in [-0.2, 0) is 4.79 Å². The van der Waals surface area contributed by atoms with Gasteiger partial charge in [-0.1, -0.05) is 40.9 Å². The third kappa shape index (κ3) is 4.75. The number of aryl methyl sites for hydroxylation is 2. The van der Waals surface area contributed by atoms with Crippen LogP contribution in [0.15, 0.2) is 24.3 Å². The zero-order chi connectivity index (χ0) is 18.7. The lowest BCUT2D eigenvalue weighted by molar-refractivity contribution is -0.385. The Bertz CT molecular complexity index is 856. The van der Waals surface area contributed by atoms with Crippen LogP contribution in [0.2, 0.25) is 15.1 Å². The number of hydrogen-bond acceptors (Lipinski definition) is 4. The normalized spacial score (nSPS) is 10.4. The second-order valence-electron chi connectivity index (χ2n) is 5.27. The molecule has 25 heavy (non-hydrogen) atoms. The first-order chi connectivity index (χ1) is 11.7. The summed E-state index contributed by atoms with van der Waals surface area (Å²) in [6.45, 7) is 2.98. The Hall–Kier alpha value is -2.02. The fraction of sp³-hybridized carbons (Fsp3) is 0.188. The van der Waals surface area contributed by atoms with Crippen molar-refractivity contribution in [3.05, 3.63) is 60.6 Å². The first kappa shape index (κ1) is 19.3. The molecule has 0 spiro atoms. The number of nitrogens with one attached hydrogen (secondary N) is 1. The van der Waals surface area contributed by atoms with Gasteiger partial charge in [-0.05, 0) is 37.1 Å². The van der Waals surface area contributed by atoms with Crippen molar-refractivity contribution in [2.24, 2.45) is 0 Å². The smallest absolute Gasteiger partial charge is 0.311 e. The largest absolute Gasteiger partial charge is 0.477 e. The van der Waals surface area contributed by atoms with Crippen LogP contribution in [-0.4, -0.2) is 17.4 Å². The van der Waals surface area contributed by atoms with E-state index in [1.54, 1.807) is 19.9 Å². The molecule has 0 radical (unpaired) electrons. The lowest BCUT2D eigenvalue weighted by Gasteiger charge is -2.12. The van der Waals surface area contributed by atoms with Gasteiger partial charge in [-0.2, -0.15) is 0 Å². The number of hydrogen-bond donors (Lipinski definition) is 1. The predicted molar refractivity (Wildman–Crippen MR) is 98.2 cm³/mol. The fourth-order valence-electron chi connectivity index (χ4n) is 2.20. The van der Waals surface area contributed by atoms with Crippen LogP contribution in [0.25, 0.3) is 0 Å². The molecule has 0 heterocycles. The molecule has 9 heteroatoms. The third-order valence-electron chi connectivity index (χ3n) is 3.23. The predicted octanol–water partition coefficient (Wildman–Crippen LogP) is 5.19. The van der Waals surface area contributed by atoms with E-state index in [0.717, 1.165) is 5.56 Å². The Kier molecular flexibility index (Phi) is 6.11. The lowest BCUT2D eigenvalue weighted by atomic mass is 10.1. The van der Waals surface area contributed by atoms with E-state index in [1.165, 1.54) is 18.2 Å². The first-order valence-corrected chi connectivity index (χ1v) is 8.15. The maximum Gasteiger partial charge on any atom is 0.311 e. The Labute approximate surface area is 158 Å². The number of nitrogens with zero attached hydrogens (tertiary/aromatic N) is 1. The number of halogens is 3. The highest BCUT2D eigenvalue weighted by Crippen LogP contribution is 2.33. The molecule has 0 unspecified atom stereocenters. The number of nitro benzene ring substituents is 1. The molecule has 0 saturated carbocycles. The van der Waals surface area contributed by atoms with Crippen LogP contribution >= 0.6 is 34.8 Å². The van der Waals surface area contributed by atoms with Gasteiger partial charge >= 0.3 is 5.69 Å². The van der Waals surface area contributed by atoms with Crippen LogP contribution in [0, 0.1) is 24.0 Å². The van der Waals surface area contributed by atoms with Crippen LogP contribution in [0.5, 0.6) is 5.75 Å². The molecular formula is C16H13Cl3N2O4. The van der Waals surface area contributed by atoms with Gasteiger partial charge in [0.2, 0.25) is 5.75 Å². The molecule has 2 aromatic carbocycles. The number of benzene rings is 2. The summed E-state index contributed by atoms with van der Waals surface area (Å²) in [5.41, 5.74) is 1.35. The number of rotatable bonds is 5. The van der Waals surface area contributed by atoms with Crippen LogP contribution in [0.3, 0.4) is 0 Å². The number of amides is 1. The highest BCUT2D eigenvalue weighted by molar-refractivity contribution is 6.44. The van der Waals surface area contributed by atoms with E-state index in [9.17, 15) is 14.9 Å². The third-order valence-corrected chi connectivity index (χ3v) is 4.26. The Morgan fingerprint density at radius 2 is 1.76 bits per heavy atom. The molecule has 0 saturated heterocycles. The molecule has 0 aliphatic heterocycles. The van der Waals surface area contributed by atoms with Gasteiger partial charge < -0.3 is 10.1 Å². The summed E-state index contributed by atoms with van der Waals surface area (Å²) in [5, 5.41) is 14.4. The van der Waals surface area contributed by atoms with Gasteiger partial charge in [-0.15, -0.1) is 0 Å². The number of nitro groups is 1. The maximum absolute atomic E-state index is 12.1. The summed E-state index contributed by atoms with van der Waals surface area (Å²) < 4.78 is 5.36. The van der Waals surface area contributed by atoms with Crippen molar-refractivity contribution in [3.63, 3.8) is 0 Å². The lowest BCUT2D eigenvalue weighted by Crippen LogP contribution is -2.21. The molecule has 1 amide bonds. The average molecular weight is 404 g/mol. The monoisotopic (exact) mass is 402 g/mol. The zero-order valence-electron chi connectivity index (χ0n) is 13.2. The van der Waals surface area contributed by atoms with Crippen LogP contribution < -0.4 is 10.1 Å². The van der Waals surface area contributed by atoms with Gasteiger partial charge in [0.25, 0.3) is 5.91 Å². The highest BCUT2D eigenvalue weighted by atomic mass is 35.5. The topological polar surface area (TPSA) is 81.5 Å². The molecule has 2 rings (SSSR count). The summed E-state index contributed by atoms with van der Waals surface area (Å²) in [6, 6.07) is 5.92. The molecule has 0 aliphatic rings. The van der Waals surface area contributed by atoms with Crippen molar-refractivity contribution in [1.29, 1.82) is 0 Å². The Morgan fingerprint density at radius 1 is 1.12 bits per heavy atom. The maximum atomic E-state index is 12.1. The number of anilines is 1. The highest BCUT2D eigenvalue weighted by Gasteiger charge is 2.20. The van der Waals surface area contributed by atoms with Gasteiger partial charge in [-0.25, -0.2) is 0 Å². The minimum absolute atomic E-state index is 0.0472. The molecule has 0 aliphatic carbocycles. The van der Waals surface area contributed by atoms with E-state index < -0.39 is 17.4 Å². The summed E-state index contributed by atoms with van der Waals surface area (Å²) in [6.07, 6.45) is 0. The molecular weight excluding hydrogens is 391 g/mol. The van der Waals surface area contributed by atoms with Crippen molar-refractivity contribution in [1.82, 2.24) is 0 Å². The standard InChI is InChI=1S/C16H13Cl3N2O4/c1-8-3-9(2)16(14(4-8)21(23)24)25-7-15(22)20-13-6-11(18)10(17)5-12(13)19/h3-6H,7H2,1-2H3,(H,20,22). The fourth-order valence-corrected chi connectivity index (χ4v) is 2.79. The minimum atomic E-state index is -0.553. The molecule has 0 bridgehead atoms. The van der Waals surface area contributed by atoms with Gasteiger partial charge in [0.05, 0.1) is 25.7 Å². The number of ether oxygens (including phenoxy) is 1. The van der Waals surface area contributed by atoms with Crippen molar-refractivity contribution >= 4 is 52.1 Å². The summed E-state index contributed by atoms with van der Waals surface area (Å²) >= 11 is 17.7. The van der Waals surface area contributed by atoms with Crippen molar-refractivity contribution < 1.29 is 14.5 Å². The quantitative estimate of drug-likeness (QED) is 0.423. The molecule has 0 fully saturated rings.